The summed E-state index contributed by atoms with van der Waals surface area (Å²) < 4.78 is 0. The summed E-state index contributed by atoms with van der Waals surface area (Å²) in [6.45, 7) is 5.02. The van der Waals surface area contributed by atoms with Crippen molar-refractivity contribution in [1.82, 2.24) is 4.90 Å². The minimum Gasteiger partial charge on any atom is -0.377 e. The maximum atomic E-state index is 9.05. The van der Waals surface area contributed by atoms with Crippen molar-refractivity contribution in [3.8, 4) is 0 Å². The molecule has 0 spiro atoms. The summed E-state index contributed by atoms with van der Waals surface area (Å²) in [5.41, 5.74) is -0.718. The van der Waals surface area contributed by atoms with Crippen molar-refractivity contribution >= 4 is 11.6 Å². The van der Waals surface area contributed by atoms with Crippen molar-refractivity contribution in [2.45, 2.75) is 19.4 Å². The van der Waals surface area contributed by atoms with Gasteiger partial charge in [-0.05, 0) is 25.9 Å². The van der Waals surface area contributed by atoms with Crippen LogP contribution in [0.1, 0.15) is 13.8 Å². The highest BCUT2D eigenvalue weighted by Crippen LogP contribution is 2.17. The van der Waals surface area contributed by atoms with Crippen LogP contribution in [-0.2, 0) is 0 Å². The van der Waals surface area contributed by atoms with E-state index < -0.39 is 5.56 Å². The normalized spacial score (nSPS) is 19.9. The van der Waals surface area contributed by atoms with Gasteiger partial charge in [0.25, 0.3) is 0 Å². The van der Waals surface area contributed by atoms with E-state index in [2.05, 4.69) is 11.8 Å². The second-order valence-electron chi connectivity index (χ2n) is 3.47. The zero-order chi connectivity index (χ0) is 9.02. The van der Waals surface area contributed by atoms with Gasteiger partial charge in [0.2, 0.25) is 0 Å². The molecule has 0 aliphatic heterocycles. The lowest BCUT2D eigenvalue weighted by molar-refractivity contribution is 0.141. The van der Waals surface area contributed by atoms with Gasteiger partial charge in [-0.2, -0.15) is 0 Å². The van der Waals surface area contributed by atoms with E-state index in [4.69, 9.17) is 16.7 Å². The molecule has 68 valence electrons. The van der Waals surface area contributed by atoms with Gasteiger partial charge < -0.3 is 10.0 Å². The molecule has 0 fully saturated rings. The second kappa shape index (κ2) is 4.96. The highest BCUT2D eigenvalue weighted by Gasteiger charge is 2.18. The van der Waals surface area contributed by atoms with Crippen LogP contribution in [0.2, 0.25) is 0 Å². The number of hydrogen-bond acceptors (Lipinski definition) is 2. The molecular weight excluding hydrogens is 162 g/mol. The van der Waals surface area contributed by atoms with Crippen LogP contribution in [0.25, 0.3) is 0 Å². The largest absolute Gasteiger partial charge is 0.377 e. The molecule has 0 aromatic rings. The molecule has 0 aliphatic carbocycles. The highest BCUT2D eigenvalue weighted by atomic mass is 35.5. The molecule has 3 unspecified atom stereocenters. The molecule has 1 N–H and O–H groups in total. The Balaban J connectivity index is 3.73. The SMILES string of the molecule is CC(CN(C)C)C(C)C(O)Cl. The Kier molecular flexibility index (Phi) is 5.06. The van der Waals surface area contributed by atoms with E-state index >= 15 is 0 Å². The molecule has 0 aromatic heterocycles. The van der Waals surface area contributed by atoms with Crippen molar-refractivity contribution in [2.75, 3.05) is 20.6 Å². The van der Waals surface area contributed by atoms with Crippen LogP contribution in [0.3, 0.4) is 0 Å². The fraction of sp³-hybridized carbons (Fsp3) is 1.00. The van der Waals surface area contributed by atoms with Crippen molar-refractivity contribution < 1.29 is 5.11 Å². The molecule has 0 rings (SSSR count). The smallest absolute Gasteiger partial charge is 0.130 e. The van der Waals surface area contributed by atoms with Gasteiger partial charge >= 0.3 is 0 Å². The van der Waals surface area contributed by atoms with Crippen LogP contribution in [0.15, 0.2) is 0 Å². The minimum atomic E-state index is -0.718. The van der Waals surface area contributed by atoms with E-state index in [0.29, 0.717) is 5.92 Å². The van der Waals surface area contributed by atoms with E-state index in [0.717, 1.165) is 6.54 Å². The summed E-state index contributed by atoms with van der Waals surface area (Å²) >= 11 is 5.54. The topological polar surface area (TPSA) is 23.5 Å². The number of halogens is 1. The van der Waals surface area contributed by atoms with Crippen molar-refractivity contribution in [3.63, 3.8) is 0 Å². The quantitative estimate of drug-likeness (QED) is 0.660. The van der Waals surface area contributed by atoms with Gasteiger partial charge in [0, 0.05) is 6.54 Å². The van der Waals surface area contributed by atoms with Gasteiger partial charge in [0.15, 0.2) is 0 Å². The molecule has 0 aliphatic rings. The van der Waals surface area contributed by atoms with Gasteiger partial charge in [-0.15, -0.1) is 0 Å². The highest BCUT2D eigenvalue weighted by molar-refractivity contribution is 6.19. The lowest BCUT2D eigenvalue weighted by Crippen LogP contribution is -2.28. The number of hydrogen-bond donors (Lipinski definition) is 1. The number of aliphatic hydroxyl groups is 1. The fourth-order valence-electron chi connectivity index (χ4n) is 1.01. The van der Waals surface area contributed by atoms with Crippen molar-refractivity contribution in [1.29, 1.82) is 0 Å². The molecule has 0 saturated carbocycles. The molecule has 0 heterocycles. The molecule has 0 saturated heterocycles. The average Bonchev–Trinajstić information content (AvgIpc) is 1.84. The van der Waals surface area contributed by atoms with Gasteiger partial charge in [0.1, 0.15) is 5.56 Å². The molecule has 11 heavy (non-hydrogen) atoms. The van der Waals surface area contributed by atoms with E-state index in [1.807, 2.05) is 21.0 Å². The van der Waals surface area contributed by atoms with Crippen LogP contribution in [-0.4, -0.2) is 36.2 Å². The minimum absolute atomic E-state index is 0.152. The molecular formula is C8H18ClNO. The molecule has 0 amide bonds. The summed E-state index contributed by atoms with van der Waals surface area (Å²) in [6, 6.07) is 0. The summed E-state index contributed by atoms with van der Waals surface area (Å²) in [4.78, 5) is 2.10. The Labute approximate surface area is 74.2 Å². The lowest BCUT2D eigenvalue weighted by atomic mass is 9.96. The monoisotopic (exact) mass is 179 g/mol. The third kappa shape index (κ3) is 4.62. The fourth-order valence-corrected chi connectivity index (χ4v) is 1.26. The Morgan fingerprint density at radius 3 is 2.09 bits per heavy atom. The number of nitrogens with zero attached hydrogens (tertiary/aromatic N) is 1. The number of aliphatic hydroxyl groups excluding tert-OH is 1. The third-order valence-electron chi connectivity index (χ3n) is 1.98. The summed E-state index contributed by atoms with van der Waals surface area (Å²) in [5.74, 6) is 0.580. The molecule has 0 bridgehead atoms. The summed E-state index contributed by atoms with van der Waals surface area (Å²) in [5, 5.41) is 9.05. The van der Waals surface area contributed by atoms with E-state index in [-0.39, 0.29) is 5.92 Å². The maximum absolute atomic E-state index is 9.05. The standard InChI is InChI=1S/C8H18ClNO/c1-6(5-10(3)4)7(2)8(9)11/h6-8,11H,5H2,1-4H3. The Morgan fingerprint density at radius 2 is 1.82 bits per heavy atom. The number of alkyl halides is 1. The first-order chi connectivity index (χ1) is 4.95. The molecule has 0 radical (unpaired) electrons. The predicted molar refractivity (Wildman–Crippen MR) is 48.7 cm³/mol. The van der Waals surface area contributed by atoms with Crippen molar-refractivity contribution in [3.05, 3.63) is 0 Å². The Hall–Kier alpha value is 0.210. The van der Waals surface area contributed by atoms with Crippen LogP contribution in [0.5, 0.6) is 0 Å². The summed E-state index contributed by atoms with van der Waals surface area (Å²) in [7, 11) is 4.04. The zero-order valence-electron chi connectivity index (χ0n) is 7.71. The third-order valence-corrected chi connectivity index (χ3v) is 2.38. The lowest BCUT2D eigenvalue weighted by Gasteiger charge is -2.23. The van der Waals surface area contributed by atoms with Crippen molar-refractivity contribution in [2.24, 2.45) is 11.8 Å². The van der Waals surface area contributed by atoms with Crippen LogP contribution in [0.4, 0.5) is 0 Å². The second-order valence-corrected chi connectivity index (χ2v) is 3.92. The molecule has 2 nitrogen and oxygen atoms in total. The predicted octanol–water partition coefficient (Wildman–Crippen LogP) is 1.38. The van der Waals surface area contributed by atoms with Crippen LogP contribution in [0, 0.1) is 11.8 Å². The van der Waals surface area contributed by atoms with Gasteiger partial charge in [0.05, 0.1) is 0 Å². The number of rotatable bonds is 4. The first-order valence-electron chi connectivity index (χ1n) is 3.92. The Bertz CT molecular complexity index is 106. The average molecular weight is 180 g/mol. The maximum Gasteiger partial charge on any atom is 0.130 e. The summed E-state index contributed by atoms with van der Waals surface area (Å²) in [6.07, 6.45) is 0. The zero-order valence-corrected chi connectivity index (χ0v) is 8.47. The van der Waals surface area contributed by atoms with Gasteiger partial charge in [-0.1, -0.05) is 25.4 Å². The van der Waals surface area contributed by atoms with E-state index in [9.17, 15) is 0 Å². The van der Waals surface area contributed by atoms with E-state index in [1.165, 1.54) is 0 Å². The van der Waals surface area contributed by atoms with E-state index in [1.54, 1.807) is 0 Å². The Morgan fingerprint density at radius 1 is 1.36 bits per heavy atom. The van der Waals surface area contributed by atoms with Crippen LogP contribution >= 0.6 is 11.6 Å². The van der Waals surface area contributed by atoms with Crippen LogP contribution < -0.4 is 0 Å². The molecule has 0 aromatic carbocycles. The van der Waals surface area contributed by atoms with Gasteiger partial charge in [-0.25, -0.2) is 0 Å². The molecule has 3 heteroatoms. The molecule has 3 atom stereocenters. The van der Waals surface area contributed by atoms with Gasteiger partial charge in [-0.3, -0.25) is 0 Å². The first kappa shape index (κ1) is 11.2. The first-order valence-corrected chi connectivity index (χ1v) is 4.35.